The summed E-state index contributed by atoms with van der Waals surface area (Å²) < 4.78 is 106. The van der Waals surface area contributed by atoms with E-state index in [-0.39, 0.29) is 19.4 Å². The van der Waals surface area contributed by atoms with Gasteiger partial charge in [-0.15, -0.1) is 0 Å². The minimum absolute atomic E-state index is 0.252. The molecule has 0 unspecified atom stereocenters. The van der Waals surface area contributed by atoms with Crippen molar-refractivity contribution in [3.8, 4) is 0 Å². The summed E-state index contributed by atoms with van der Waals surface area (Å²) >= 11 is 0. The van der Waals surface area contributed by atoms with Gasteiger partial charge in [0.05, 0.1) is 6.04 Å². The molecule has 0 aromatic rings. The fourth-order valence-corrected chi connectivity index (χ4v) is 6.19. The first-order valence-electron chi connectivity index (χ1n) is 13.2. The minimum Gasteiger partial charge on any atom is -0.356 e. The summed E-state index contributed by atoms with van der Waals surface area (Å²) in [5.41, 5.74) is -1.31. The van der Waals surface area contributed by atoms with Crippen LogP contribution in [0.5, 0.6) is 0 Å². The third-order valence-electron chi connectivity index (χ3n) is 7.79. The van der Waals surface area contributed by atoms with Crippen LogP contribution in [0.2, 0.25) is 0 Å². The van der Waals surface area contributed by atoms with Crippen molar-refractivity contribution in [2.75, 3.05) is 19.3 Å². The third kappa shape index (κ3) is 7.75. The van der Waals surface area contributed by atoms with Gasteiger partial charge in [-0.2, -0.15) is 17.6 Å². The number of nitrogens with one attached hydrogen (secondary N) is 3. The quantitative estimate of drug-likeness (QED) is 0.349. The number of fused-ring (bicyclic) bond motifs is 1. The monoisotopic (exact) mass is 632 g/mol. The van der Waals surface area contributed by atoms with E-state index in [1.54, 1.807) is 5.32 Å². The molecule has 3 fully saturated rings. The normalized spacial score (nSPS) is 27.7. The maximum Gasteiger partial charge on any atom is 0.471 e. The lowest BCUT2D eigenvalue weighted by molar-refractivity contribution is -0.176. The predicted octanol–water partition coefficient (Wildman–Crippen LogP) is 1.82. The van der Waals surface area contributed by atoms with E-state index in [2.05, 4.69) is 10.6 Å². The molecule has 0 bridgehead atoms. The van der Waals surface area contributed by atoms with Crippen LogP contribution in [0.4, 0.5) is 26.3 Å². The van der Waals surface area contributed by atoms with Crippen LogP contribution >= 0.6 is 0 Å². The number of amides is 4. The molecule has 42 heavy (non-hydrogen) atoms. The van der Waals surface area contributed by atoms with Gasteiger partial charge in [-0.3, -0.25) is 19.2 Å². The van der Waals surface area contributed by atoms with Crippen molar-refractivity contribution in [3.63, 3.8) is 0 Å². The highest BCUT2D eigenvalue weighted by molar-refractivity contribution is 7.94. The molecule has 1 aliphatic carbocycles. The number of alkyl halides is 5. The fourth-order valence-electron chi connectivity index (χ4n) is 5.78. The first kappa shape index (κ1) is 33.6. The largest absolute Gasteiger partial charge is 0.471 e. The molecule has 3 N–H and O–H groups in total. The van der Waals surface area contributed by atoms with Crippen molar-refractivity contribution in [2.45, 2.75) is 76.7 Å². The molecule has 3 rings (SSSR count). The SMILES string of the molecule is CC(C)(C)[C@H](NC(=O)C(F)(F)F)C(=O)N1C[C@H]2CC(F)(F)C[C@H]2[C@H]1C(=O)N[C@H](/C=C(/F)S(C)(=O)=O)C[C@@H]1CCNC1=O. The average Bonchev–Trinajstić information content (AvgIpc) is 3.45. The molecule has 0 radical (unpaired) electrons. The van der Waals surface area contributed by atoms with Crippen LogP contribution in [-0.2, 0) is 29.0 Å². The summed E-state index contributed by atoms with van der Waals surface area (Å²) in [6, 6.07) is -4.87. The van der Waals surface area contributed by atoms with E-state index < -0.39 is 111 Å². The van der Waals surface area contributed by atoms with Crippen LogP contribution in [0, 0.1) is 23.2 Å². The van der Waals surface area contributed by atoms with Crippen molar-refractivity contribution in [1.82, 2.24) is 20.9 Å². The van der Waals surface area contributed by atoms with Gasteiger partial charge in [0, 0.05) is 38.1 Å². The van der Waals surface area contributed by atoms with Crippen molar-refractivity contribution in [3.05, 3.63) is 11.2 Å². The highest BCUT2D eigenvalue weighted by atomic mass is 32.2. The molecule has 0 spiro atoms. The molecule has 2 aliphatic heterocycles. The number of nitrogens with zero attached hydrogens (tertiary/aromatic N) is 1. The second kappa shape index (κ2) is 11.7. The summed E-state index contributed by atoms with van der Waals surface area (Å²) in [5, 5.41) is 4.95. The maximum atomic E-state index is 14.5. The Morgan fingerprint density at radius 2 is 1.76 bits per heavy atom. The Labute approximate surface area is 238 Å². The Bertz CT molecular complexity index is 1250. The highest BCUT2D eigenvalue weighted by Gasteiger charge is 2.59. The predicted molar refractivity (Wildman–Crippen MR) is 136 cm³/mol. The van der Waals surface area contributed by atoms with Crippen molar-refractivity contribution in [1.29, 1.82) is 0 Å². The van der Waals surface area contributed by atoms with Gasteiger partial charge in [0.25, 0.3) is 0 Å². The molecule has 2 saturated heterocycles. The van der Waals surface area contributed by atoms with E-state index in [9.17, 15) is 53.9 Å². The van der Waals surface area contributed by atoms with Crippen molar-refractivity contribution in [2.24, 2.45) is 23.2 Å². The van der Waals surface area contributed by atoms with Gasteiger partial charge in [0.15, 0.2) is 0 Å². The topological polar surface area (TPSA) is 142 Å². The van der Waals surface area contributed by atoms with Gasteiger partial charge in [-0.25, -0.2) is 17.2 Å². The van der Waals surface area contributed by atoms with Crippen molar-refractivity contribution < 1.29 is 53.9 Å². The van der Waals surface area contributed by atoms with Crippen LogP contribution in [0.3, 0.4) is 0 Å². The number of likely N-dealkylation sites (tertiary alicyclic amines) is 1. The van der Waals surface area contributed by atoms with Crippen LogP contribution in [0.25, 0.3) is 0 Å². The number of carbonyl (C=O) groups excluding carboxylic acids is 4. The number of hydrogen-bond acceptors (Lipinski definition) is 6. The Morgan fingerprint density at radius 1 is 1.14 bits per heavy atom. The van der Waals surface area contributed by atoms with Crippen LogP contribution in [0.1, 0.15) is 46.5 Å². The zero-order chi connectivity index (χ0) is 32.0. The Kier molecular flexibility index (Phi) is 9.36. The molecule has 6 atom stereocenters. The van der Waals surface area contributed by atoms with E-state index in [4.69, 9.17) is 0 Å². The zero-order valence-corrected chi connectivity index (χ0v) is 24.2. The first-order chi connectivity index (χ1) is 19.0. The van der Waals surface area contributed by atoms with E-state index in [1.807, 2.05) is 0 Å². The second-order valence-corrected chi connectivity index (χ2v) is 14.2. The maximum absolute atomic E-state index is 14.5. The number of sulfone groups is 1. The fraction of sp³-hybridized carbons (Fsp3) is 0.760. The van der Waals surface area contributed by atoms with Crippen LogP contribution < -0.4 is 16.0 Å². The van der Waals surface area contributed by atoms with Crippen LogP contribution in [0.15, 0.2) is 11.2 Å². The molecular formula is C25H34F6N4O6S. The Balaban J connectivity index is 1.97. The van der Waals surface area contributed by atoms with Crippen LogP contribution in [-0.4, -0.2) is 86.5 Å². The van der Waals surface area contributed by atoms with Gasteiger partial charge in [-0.1, -0.05) is 20.8 Å². The summed E-state index contributed by atoms with van der Waals surface area (Å²) in [4.78, 5) is 52.0. The number of hydrogen-bond donors (Lipinski definition) is 3. The standard InChI is InChI=1S/C25H34F6N4O6S/c1-23(2,3)18(34-22(39)25(29,30)31)21(38)35-11-13-9-24(27,28)10-15(13)17(35)20(37)33-14(8-16(26)42(4,40)41)7-12-5-6-32-19(12)36/h8,12-15,17-18H,5-7,9-11H2,1-4H3,(H,32,36)(H,33,37)(H,34,39)/b16-8-/t12-,13+,14-,15+,17-,18+/m0/s1. The molecule has 3 aliphatic rings. The van der Waals surface area contributed by atoms with Gasteiger partial charge in [0.2, 0.25) is 38.6 Å². The summed E-state index contributed by atoms with van der Waals surface area (Å²) in [6.45, 7) is 3.97. The molecule has 0 aromatic heterocycles. The van der Waals surface area contributed by atoms with E-state index in [0.29, 0.717) is 12.3 Å². The van der Waals surface area contributed by atoms with E-state index in [1.165, 1.54) is 20.8 Å². The van der Waals surface area contributed by atoms with Gasteiger partial charge in [0.1, 0.15) is 12.1 Å². The first-order valence-corrected chi connectivity index (χ1v) is 15.1. The molecule has 17 heteroatoms. The number of carbonyl (C=O) groups is 4. The molecule has 10 nitrogen and oxygen atoms in total. The summed E-state index contributed by atoms with van der Waals surface area (Å²) in [6.07, 6.45) is -5.67. The van der Waals surface area contributed by atoms with Gasteiger partial charge < -0.3 is 20.9 Å². The second-order valence-electron chi connectivity index (χ2n) is 12.3. The number of rotatable bonds is 8. The minimum atomic E-state index is -5.33. The molecule has 238 valence electrons. The van der Waals surface area contributed by atoms with Crippen molar-refractivity contribution >= 4 is 33.5 Å². The molecule has 4 amide bonds. The Morgan fingerprint density at radius 3 is 2.26 bits per heavy atom. The third-order valence-corrected chi connectivity index (χ3v) is 8.63. The average molecular weight is 633 g/mol. The summed E-state index contributed by atoms with van der Waals surface area (Å²) in [5.74, 6) is -11.0. The highest BCUT2D eigenvalue weighted by Crippen LogP contribution is 2.50. The number of halogens is 6. The zero-order valence-electron chi connectivity index (χ0n) is 23.4. The lowest BCUT2D eigenvalue weighted by Gasteiger charge is -2.37. The van der Waals surface area contributed by atoms with Gasteiger partial charge in [-0.05, 0) is 36.2 Å². The van der Waals surface area contributed by atoms with E-state index >= 15 is 0 Å². The molecular weight excluding hydrogens is 598 g/mol. The molecule has 2 heterocycles. The van der Waals surface area contributed by atoms with E-state index in [0.717, 1.165) is 4.90 Å². The van der Waals surface area contributed by atoms with Gasteiger partial charge >= 0.3 is 12.1 Å². The lowest BCUT2D eigenvalue weighted by Crippen LogP contribution is -2.60. The Hall–Kier alpha value is -2.85. The lowest BCUT2D eigenvalue weighted by atomic mass is 9.85. The summed E-state index contributed by atoms with van der Waals surface area (Å²) in [7, 11) is -4.36. The molecule has 0 aromatic carbocycles. The smallest absolute Gasteiger partial charge is 0.356 e. The molecule has 1 saturated carbocycles.